The van der Waals surface area contributed by atoms with E-state index >= 15 is 0 Å². The van der Waals surface area contributed by atoms with Crippen LogP contribution in [0.3, 0.4) is 0 Å². The van der Waals surface area contributed by atoms with E-state index in [9.17, 15) is 10.2 Å². The van der Waals surface area contributed by atoms with Crippen molar-refractivity contribution < 1.29 is 14.9 Å². The fourth-order valence-electron chi connectivity index (χ4n) is 5.47. The molecule has 0 saturated carbocycles. The molecule has 2 N–H and O–H groups in total. The van der Waals surface area contributed by atoms with Gasteiger partial charge in [-0.3, -0.25) is 0 Å². The van der Waals surface area contributed by atoms with Crippen molar-refractivity contribution in [1.82, 2.24) is 0 Å². The van der Waals surface area contributed by atoms with E-state index in [0.717, 1.165) is 27.9 Å². The average Bonchev–Trinajstić information content (AvgIpc) is 3.27. The minimum absolute atomic E-state index is 0.00527. The molecule has 5 aromatic rings. The molecule has 1 atom stereocenters. The fraction of sp³-hybridized carbons (Fsp3) is 0.118. The molecule has 1 heterocycles. The summed E-state index contributed by atoms with van der Waals surface area (Å²) in [5.74, 6) is 0.555. The first-order valence-electron chi connectivity index (χ1n) is 12.8. The van der Waals surface area contributed by atoms with Crippen LogP contribution in [-0.4, -0.2) is 16.8 Å². The largest absolute Gasteiger partial charge is 0.507 e. The quantitative estimate of drug-likeness (QED) is 0.258. The summed E-state index contributed by atoms with van der Waals surface area (Å²) >= 11 is 0. The van der Waals surface area contributed by atoms with Gasteiger partial charge in [-0.1, -0.05) is 109 Å². The number of benzene rings is 5. The molecule has 0 aromatic heterocycles. The maximum absolute atomic E-state index is 12.3. The van der Waals surface area contributed by atoms with Crippen molar-refractivity contribution in [3.63, 3.8) is 0 Å². The molecule has 0 spiro atoms. The van der Waals surface area contributed by atoms with Crippen LogP contribution in [0.1, 0.15) is 33.9 Å². The number of rotatable bonds is 7. The van der Waals surface area contributed by atoms with Crippen LogP contribution in [0.4, 0.5) is 5.69 Å². The van der Waals surface area contributed by atoms with Crippen LogP contribution in [0.15, 0.2) is 133 Å². The number of fused-ring (bicyclic) bond motifs is 1. The highest BCUT2D eigenvalue weighted by molar-refractivity contribution is 5.68. The predicted molar refractivity (Wildman–Crippen MR) is 150 cm³/mol. The zero-order valence-electron chi connectivity index (χ0n) is 20.9. The molecule has 4 nitrogen and oxygen atoms in total. The first-order valence-corrected chi connectivity index (χ1v) is 12.8. The van der Waals surface area contributed by atoms with Gasteiger partial charge < -0.3 is 19.8 Å². The van der Waals surface area contributed by atoms with E-state index in [1.54, 1.807) is 12.1 Å². The number of aliphatic hydroxyl groups is 1. The first kappa shape index (κ1) is 23.8. The summed E-state index contributed by atoms with van der Waals surface area (Å²) in [6.07, 6.45) is 0. The summed E-state index contributed by atoms with van der Waals surface area (Å²) in [4.78, 5) is 2.24. The predicted octanol–water partition coefficient (Wildman–Crippen LogP) is 6.82. The molecular weight excluding hydrogens is 470 g/mol. The Morgan fingerprint density at radius 3 is 1.89 bits per heavy atom. The van der Waals surface area contributed by atoms with Gasteiger partial charge in [0.05, 0.1) is 12.6 Å². The van der Waals surface area contributed by atoms with Crippen molar-refractivity contribution in [3.8, 4) is 11.5 Å². The Morgan fingerprint density at radius 2 is 1.26 bits per heavy atom. The fourth-order valence-corrected chi connectivity index (χ4v) is 5.47. The molecule has 0 aliphatic carbocycles. The lowest BCUT2D eigenvalue weighted by Gasteiger charge is -2.33. The maximum atomic E-state index is 12.3. The average molecular weight is 500 g/mol. The van der Waals surface area contributed by atoms with Crippen LogP contribution in [0.5, 0.6) is 11.5 Å². The molecule has 188 valence electrons. The number of phenols is 1. The highest BCUT2D eigenvalue weighted by atomic mass is 16.5. The zero-order chi connectivity index (χ0) is 26.0. The van der Waals surface area contributed by atoms with Crippen molar-refractivity contribution >= 4 is 5.69 Å². The van der Waals surface area contributed by atoms with E-state index in [4.69, 9.17) is 4.74 Å². The second kappa shape index (κ2) is 10.1. The van der Waals surface area contributed by atoms with Gasteiger partial charge in [0, 0.05) is 22.9 Å². The second-order valence-electron chi connectivity index (χ2n) is 9.68. The van der Waals surface area contributed by atoms with Crippen molar-refractivity contribution in [2.45, 2.75) is 18.2 Å². The second-order valence-corrected chi connectivity index (χ2v) is 9.68. The van der Waals surface area contributed by atoms with Crippen LogP contribution >= 0.6 is 0 Å². The highest BCUT2D eigenvalue weighted by Gasteiger charge is 2.46. The van der Waals surface area contributed by atoms with Gasteiger partial charge in [0.1, 0.15) is 23.7 Å². The summed E-state index contributed by atoms with van der Waals surface area (Å²) in [5, 5.41) is 23.4. The molecule has 5 aromatic carbocycles. The molecule has 6 rings (SSSR count). The number of hydrogen-bond donors (Lipinski definition) is 2. The van der Waals surface area contributed by atoms with Crippen molar-refractivity contribution in [2.75, 3.05) is 11.4 Å². The maximum Gasteiger partial charge on any atom is 0.138 e. The van der Waals surface area contributed by atoms with Gasteiger partial charge in [-0.25, -0.2) is 0 Å². The van der Waals surface area contributed by atoms with Crippen LogP contribution in [-0.2, 0) is 12.2 Å². The number of β-amino-alcohol motifs (C(OH)–C–C–N with tert-alkyl or cyclic N) is 1. The highest BCUT2D eigenvalue weighted by Crippen LogP contribution is 2.50. The van der Waals surface area contributed by atoms with E-state index in [2.05, 4.69) is 29.2 Å². The normalized spacial score (nSPS) is 16.4. The van der Waals surface area contributed by atoms with Gasteiger partial charge in [0.25, 0.3) is 0 Å². The van der Waals surface area contributed by atoms with Crippen molar-refractivity contribution in [2.24, 2.45) is 0 Å². The lowest BCUT2D eigenvalue weighted by atomic mass is 9.87. The van der Waals surface area contributed by atoms with E-state index in [-0.39, 0.29) is 11.8 Å². The standard InChI is InChI=1S/C34H29NO3/c36-32-22-28(38-23-25-12-4-1-5-13-25)20-21-30(32)34(37)24-35(31-19-11-10-18-29(31)34)33(26-14-6-2-7-15-26)27-16-8-3-9-17-27/h1-22,33,36-37H,23-24H2. The van der Waals surface area contributed by atoms with Gasteiger partial charge in [0.15, 0.2) is 0 Å². The molecule has 1 aliphatic rings. The third-order valence-electron chi connectivity index (χ3n) is 7.26. The number of para-hydroxylation sites is 1. The summed E-state index contributed by atoms with van der Waals surface area (Å²) in [6, 6.07) is 43.5. The molecule has 0 bridgehead atoms. The lowest BCUT2D eigenvalue weighted by Crippen LogP contribution is -2.37. The van der Waals surface area contributed by atoms with Crippen LogP contribution in [0.2, 0.25) is 0 Å². The molecule has 0 saturated heterocycles. The summed E-state index contributed by atoms with van der Waals surface area (Å²) in [6.45, 7) is 0.689. The van der Waals surface area contributed by atoms with Gasteiger partial charge in [-0.15, -0.1) is 0 Å². The molecular formula is C34H29NO3. The summed E-state index contributed by atoms with van der Waals surface area (Å²) in [5.41, 5.74) is 4.07. The molecule has 4 heteroatoms. The molecule has 0 fully saturated rings. The van der Waals surface area contributed by atoms with E-state index in [1.807, 2.05) is 97.1 Å². The third kappa shape index (κ3) is 4.40. The number of phenolic OH excluding ortho intramolecular Hbond substituents is 1. The van der Waals surface area contributed by atoms with Crippen molar-refractivity contribution in [3.05, 3.63) is 161 Å². The monoisotopic (exact) mass is 499 g/mol. The third-order valence-corrected chi connectivity index (χ3v) is 7.26. The molecule has 38 heavy (non-hydrogen) atoms. The smallest absolute Gasteiger partial charge is 0.138 e. The van der Waals surface area contributed by atoms with Crippen LogP contribution in [0, 0.1) is 0 Å². The number of aromatic hydroxyl groups is 1. The lowest BCUT2D eigenvalue weighted by molar-refractivity contribution is 0.0940. The minimum atomic E-state index is -1.40. The van der Waals surface area contributed by atoms with E-state index in [1.165, 1.54) is 0 Å². The van der Waals surface area contributed by atoms with Gasteiger partial charge >= 0.3 is 0 Å². The Morgan fingerprint density at radius 1 is 0.684 bits per heavy atom. The van der Waals surface area contributed by atoms with Crippen molar-refractivity contribution in [1.29, 1.82) is 0 Å². The first-order chi connectivity index (χ1) is 18.6. The Hall–Kier alpha value is -4.54. The van der Waals surface area contributed by atoms with Crippen LogP contribution in [0.25, 0.3) is 0 Å². The number of anilines is 1. The molecule has 0 amide bonds. The Balaban J connectivity index is 1.37. The SMILES string of the molecule is Oc1cc(OCc2ccccc2)ccc1C1(O)CN(C(c2ccccc2)c2ccccc2)c2ccccc21. The van der Waals surface area contributed by atoms with Crippen LogP contribution < -0.4 is 9.64 Å². The minimum Gasteiger partial charge on any atom is -0.507 e. The summed E-state index contributed by atoms with van der Waals surface area (Å²) in [7, 11) is 0. The molecule has 0 radical (unpaired) electrons. The number of hydrogen-bond acceptors (Lipinski definition) is 4. The molecule has 1 unspecified atom stereocenters. The number of ether oxygens (including phenoxy) is 1. The Bertz CT molecular complexity index is 1480. The number of nitrogens with zero attached hydrogens (tertiary/aromatic N) is 1. The Kier molecular flexibility index (Phi) is 6.32. The van der Waals surface area contributed by atoms with E-state index in [0.29, 0.717) is 24.5 Å². The van der Waals surface area contributed by atoms with E-state index < -0.39 is 5.60 Å². The molecule has 1 aliphatic heterocycles. The summed E-state index contributed by atoms with van der Waals surface area (Å²) < 4.78 is 5.92. The van der Waals surface area contributed by atoms with Gasteiger partial charge in [-0.05, 0) is 34.9 Å². The zero-order valence-corrected chi connectivity index (χ0v) is 20.9. The topological polar surface area (TPSA) is 52.9 Å². The van der Waals surface area contributed by atoms with Gasteiger partial charge in [-0.2, -0.15) is 0 Å². The Labute approximate surface area is 223 Å². The van der Waals surface area contributed by atoms with Gasteiger partial charge in [0.2, 0.25) is 0 Å².